The Hall–Kier alpha value is -1.70. The van der Waals surface area contributed by atoms with Crippen LogP contribution < -0.4 is 0 Å². The van der Waals surface area contributed by atoms with Crippen molar-refractivity contribution in [2.75, 3.05) is 0 Å². The van der Waals surface area contributed by atoms with Crippen LogP contribution in [0.5, 0.6) is 0 Å². The molecule has 1 aliphatic carbocycles. The van der Waals surface area contributed by atoms with Gasteiger partial charge in [-0.2, -0.15) is 0 Å². The van der Waals surface area contributed by atoms with E-state index in [1.54, 1.807) is 30.3 Å². The molecule has 1 aliphatic rings. The minimum atomic E-state index is -0.114. The molecule has 2 rings (SSSR count). The Bertz CT molecular complexity index is 432. The first-order chi connectivity index (χ1) is 7.75. The molecule has 0 saturated heterocycles. The molecule has 0 aromatic heterocycles. The molecule has 0 aliphatic heterocycles. The van der Waals surface area contributed by atoms with Gasteiger partial charge in [-0.1, -0.05) is 50.1 Å². The van der Waals surface area contributed by atoms with Crippen LogP contribution in [0.4, 0.5) is 0 Å². The highest BCUT2D eigenvalue weighted by atomic mass is 16.2. The highest BCUT2D eigenvalue weighted by molar-refractivity contribution is 6.39. The highest BCUT2D eigenvalue weighted by Crippen LogP contribution is 2.26. The number of benzene rings is 1. The summed E-state index contributed by atoms with van der Waals surface area (Å²) in [6.45, 7) is 2.09. The Morgan fingerprint density at radius 3 is 2.12 bits per heavy atom. The standard InChI is InChI=1S/C14H14O2/c1-2-3-4-9-12-13(15)10-7-5-6-8-11(10)14(12)16/h5-9H,2-4H2,1H3. The molecule has 0 amide bonds. The molecule has 0 fully saturated rings. The minimum Gasteiger partial charge on any atom is -0.288 e. The predicted octanol–water partition coefficient (Wildman–Crippen LogP) is 3.18. The molecule has 1 aromatic carbocycles. The molecule has 0 bridgehead atoms. The SMILES string of the molecule is CCCCC=C1C(=O)c2ccccc2C1=O. The van der Waals surface area contributed by atoms with Crippen LogP contribution >= 0.6 is 0 Å². The Balaban J connectivity index is 2.32. The van der Waals surface area contributed by atoms with Gasteiger partial charge in [-0.15, -0.1) is 0 Å². The van der Waals surface area contributed by atoms with Crippen molar-refractivity contribution in [1.29, 1.82) is 0 Å². The molecule has 2 nitrogen and oxygen atoms in total. The van der Waals surface area contributed by atoms with E-state index in [1.165, 1.54) is 0 Å². The van der Waals surface area contributed by atoms with Crippen molar-refractivity contribution < 1.29 is 9.59 Å². The Kier molecular flexibility index (Phi) is 3.00. The fourth-order valence-electron chi connectivity index (χ4n) is 1.91. The van der Waals surface area contributed by atoms with Crippen LogP contribution in [0.15, 0.2) is 35.9 Å². The summed E-state index contributed by atoms with van der Waals surface area (Å²) < 4.78 is 0. The first-order valence-corrected chi connectivity index (χ1v) is 5.64. The second-order valence-corrected chi connectivity index (χ2v) is 3.96. The second kappa shape index (κ2) is 4.44. The third-order valence-electron chi connectivity index (χ3n) is 2.81. The van der Waals surface area contributed by atoms with E-state index in [0.717, 1.165) is 19.3 Å². The summed E-state index contributed by atoms with van der Waals surface area (Å²) >= 11 is 0. The molecule has 16 heavy (non-hydrogen) atoms. The second-order valence-electron chi connectivity index (χ2n) is 3.96. The number of carbonyl (C=O) groups excluding carboxylic acids is 2. The summed E-state index contributed by atoms with van der Waals surface area (Å²) in [5.41, 5.74) is 1.46. The number of carbonyl (C=O) groups is 2. The summed E-state index contributed by atoms with van der Waals surface area (Å²) in [6.07, 6.45) is 4.67. The zero-order valence-corrected chi connectivity index (χ0v) is 9.32. The first kappa shape index (κ1) is 10.8. The lowest BCUT2D eigenvalue weighted by atomic mass is 10.1. The molecule has 0 spiro atoms. The first-order valence-electron chi connectivity index (χ1n) is 5.64. The maximum atomic E-state index is 11.9. The van der Waals surface area contributed by atoms with Crippen molar-refractivity contribution in [2.45, 2.75) is 26.2 Å². The molecule has 0 unspecified atom stereocenters. The van der Waals surface area contributed by atoms with Crippen LogP contribution in [0.1, 0.15) is 46.9 Å². The van der Waals surface area contributed by atoms with Crippen LogP contribution in [0.2, 0.25) is 0 Å². The maximum Gasteiger partial charge on any atom is 0.197 e. The Morgan fingerprint density at radius 1 is 1.06 bits per heavy atom. The zero-order chi connectivity index (χ0) is 11.5. The molecule has 1 aromatic rings. The van der Waals surface area contributed by atoms with Crippen LogP contribution in [0, 0.1) is 0 Å². The number of hydrogen-bond donors (Lipinski definition) is 0. The van der Waals surface area contributed by atoms with Crippen molar-refractivity contribution in [3.05, 3.63) is 47.0 Å². The third kappa shape index (κ3) is 1.71. The molecule has 0 heterocycles. The lowest BCUT2D eigenvalue weighted by Crippen LogP contribution is -2.00. The fraction of sp³-hybridized carbons (Fsp3) is 0.286. The molecule has 2 heteroatoms. The van der Waals surface area contributed by atoms with E-state index in [9.17, 15) is 9.59 Å². The monoisotopic (exact) mass is 214 g/mol. The predicted molar refractivity (Wildman–Crippen MR) is 62.7 cm³/mol. The van der Waals surface area contributed by atoms with Crippen LogP contribution in [0.3, 0.4) is 0 Å². The topological polar surface area (TPSA) is 34.1 Å². The van der Waals surface area contributed by atoms with E-state index in [4.69, 9.17) is 0 Å². The molecular weight excluding hydrogens is 200 g/mol. The molecular formula is C14H14O2. The molecule has 0 radical (unpaired) electrons. The van der Waals surface area contributed by atoms with Crippen molar-refractivity contribution in [2.24, 2.45) is 0 Å². The van der Waals surface area contributed by atoms with Gasteiger partial charge in [0.1, 0.15) is 0 Å². The average molecular weight is 214 g/mol. The lowest BCUT2D eigenvalue weighted by molar-refractivity contribution is 0.0988. The van der Waals surface area contributed by atoms with Gasteiger partial charge >= 0.3 is 0 Å². The third-order valence-corrected chi connectivity index (χ3v) is 2.81. The van der Waals surface area contributed by atoms with E-state index in [1.807, 2.05) is 0 Å². The lowest BCUT2D eigenvalue weighted by Gasteiger charge is -1.93. The highest BCUT2D eigenvalue weighted by Gasteiger charge is 2.31. The normalized spacial score (nSPS) is 14.2. The van der Waals surface area contributed by atoms with E-state index >= 15 is 0 Å². The van der Waals surface area contributed by atoms with E-state index in [0.29, 0.717) is 16.7 Å². The fourth-order valence-corrected chi connectivity index (χ4v) is 1.91. The van der Waals surface area contributed by atoms with E-state index in [-0.39, 0.29) is 11.6 Å². The zero-order valence-electron chi connectivity index (χ0n) is 9.32. The van der Waals surface area contributed by atoms with Crippen LogP contribution in [0.25, 0.3) is 0 Å². The quantitative estimate of drug-likeness (QED) is 0.440. The van der Waals surface area contributed by atoms with Gasteiger partial charge in [-0.25, -0.2) is 0 Å². The molecule has 0 saturated carbocycles. The van der Waals surface area contributed by atoms with Gasteiger partial charge in [0.25, 0.3) is 0 Å². The maximum absolute atomic E-state index is 11.9. The van der Waals surface area contributed by atoms with Crippen molar-refractivity contribution in [3.8, 4) is 0 Å². The van der Waals surface area contributed by atoms with Gasteiger partial charge in [-0.3, -0.25) is 9.59 Å². The minimum absolute atomic E-state index is 0.114. The number of Topliss-reactive ketones (excluding diaryl/α,β-unsaturated/α-hetero) is 2. The van der Waals surface area contributed by atoms with Crippen molar-refractivity contribution >= 4 is 11.6 Å². The number of hydrogen-bond acceptors (Lipinski definition) is 2. The smallest absolute Gasteiger partial charge is 0.197 e. The molecule has 82 valence electrons. The molecule has 0 N–H and O–H groups in total. The summed E-state index contributed by atoms with van der Waals surface area (Å²) in [6, 6.07) is 7.02. The van der Waals surface area contributed by atoms with Crippen LogP contribution in [-0.4, -0.2) is 11.6 Å². The van der Waals surface area contributed by atoms with Gasteiger partial charge in [0.15, 0.2) is 11.6 Å². The number of allylic oxidation sites excluding steroid dienone is 2. The van der Waals surface area contributed by atoms with Crippen molar-refractivity contribution in [3.63, 3.8) is 0 Å². The summed E-state index contributed by atoms with van der Waals surface area (Å²) in [4.78, 5) is 23.8. The molecule has 0 atom stereocenters. The average Bonchev–Trinajstić information content (AvgIpc) is 2.55. The summed E-state index contributed by atoms with van der Waals surface area (Å²) in [5, 5.41) is 0. The Labute approximate surface area is 95.0 Å². The number of rotatable bonds is 3. The van der Waals surface area contributed by atoms with Gasteiger partial charge in [0, 0.05) is 11.1 Å². The van der Waals surface area contributed by atoms with Gasteiger partial charge in [-0.05, 0) is 6.42 Å². The summed E-state index contributed by atoms with van der Waals surface area (Å²) in [7, 11) is 0. The Morgan fingerprint density at radius 2 is 1.62 bits per heavy atom. The van der Waals surface area contributed by atoms with Crippen molar-refractivity contribution in [1.82, 2.24) is 0 Å². The van der Waals surface area contributed by atoms with E-state index < -0.39 is 0 Å². The largest absolute Gasteiger partial charge is 0.288 e. The summed E-state index contributed by atoms with van der Waals surface area (Å²) in [5.74, 6) is -0.228. The number of fused-ring (bicyclic) bond motifs is 1. The van der Waals surface area contributed by atoms with Crippen LogP contribution in [-0.2, 0) is 0 Å². The van der Waals surface area contributed by atoms with Gasteiger partial charge < -0.3 is 0 Å². The van der Waals surface area contributed by atoms with E-state index in [2.05, 4.69) is 6.92 Å². The number of unbranched alkanes of at least 4 members (excludes halogenated alkanes) is 2. The van der Waals surface area contributed by atoms with Gasteiger partial charge in [0.05, 0.1) is 5.57 Å². The van der Waals surface area contributed by atoms with Gasteiger partial charge in [0.2, 0.25) is 0 Å². The number of ketones is 2.